The van der Waals surface area contributed by atoms with Gasteiger partial charge < -0.3 is 15.0 Å². The molecule has 1 aromatic heterocycles. The van der Waals surface area contributed by atoms with Crippen LogP contribution in [0, 0.1) is 0 Å². The number of aromatic nitrogens is 1. The highest BCUT2D eigenvalue weighted by Gasteiger charge is 2.19. The Morgan fingerprint density at radius 2 is 2.36 bits per heavy atom. The van der Waals surface area contributed by atoms with Crippen LogP contribution in [0.15, 0.2) is 18.5 Å². The number of aryl methyl sites for hydroxylation is 1. The highest BCUT2D eigenvalue weighted by atomic mass is 16.3. The second-order valence-corrected chi connectivity index (χ2v) is 3.99. The molecule has 1 aromatic rings. The fourth-order valence-corrected chi connectivity index (χ4v) is 1.54. The van der Waals surface area contributed by atoms with Crippen molar-refractivity contribution in [1.29, 1.82) is 0 Å². The second-order valence-electron chi connectivity index (χ2n) is 3.99. The van der Waals surface area contributed by atoms with Gasteiger partial charge in [-0.15, -0.1) is 0 Å². The topological polar surface area (TPSA) is 37.2 Å². The van der Waals surface area contributed by atoms with E-state index in [1.165, 1.54) is 18.4 Å². The Hall–Kier alpha value is -0.800. The Morgan fingerprint density at radius 3 is 3.07 bits per heavy atom. The maximum atomic E-state index is 8.69. The van der Waals surface area contributed by atoms with E-state index in [9.17, 15) is 0 Å². The van der Waals surface area contributed by atoms with Gasteiger partial charge in [0.2, 0.25) is 0 Å². The number of hydrogen-bond donors (Lipinski definition) is 2. The average Bonchev–Trinajstić information content (AvgIpc) is 2.92. The molecule has 1 saturated carbocycles. The smallest absolute Gasteiger partial charge is 0.0448 e. The van der Waals surface area contributed by atoms with Crippen molar-refractivity contribution < 1.29 is 5.11 Å². The Kier molecular flexibility index (Phi) is 3.22. The average molecular weight is 194 g/mol. The zero-order valence-corrected chi connectivity index (χ0v) is 8.45. The fourth-order valence-electron chi connectivity index (χ4n) is 1.54. The third kappa shape index (κ3) is 2.86. The van der Waals surface area contributed by atoms with Gasteiger partial charge in [-0.25, -0.2) is 0 Å². The van der Waals surface area contributed by atoms with Crippen LogP contribution in [0.1, 0.15) is 24.8 Å². The normalized spacial score (nSPS) is 16.1. The molecule has 0 radical (unpaired) electrons. The summed E-state index contributed by atoms with van der Waals surface area (Å²) >= 11 is 0. The predicted molar refractivity (Wildman–Crippen MR) is 56.0 cm³/mol. The molecule has 1 aliphatic carbocycles. The summed E-state index contributed by atoms with van der Waals surface area (Å²) in [6, 6.07) is 2.92. The van der Waals surface area contributed by atoms with Gasteiger partial charge >= 0.3 is 0 Å². The lowest BCUT2D eigenvalue weighted by atomic mass is 10.3. The van der Waals surface area contributed by atoms with E-state index in [1.807, 2.05) is 0 Å². The standard InChI is InChI=1S/C11H18N2O/c14-7-1-5-13-6-4-10(9-13)8-12-11-2-3-11/h4,6,9,11-12,14H,1-3,5,7-8H2. The van der Waals surface area contributed by atoms with Gasteiger partial charge in [0.05, 0.1) is 0 Å². The van der Waals surface area contributed by atoms with Crippen LogP contribution in [-0.4, -0.2) is 22.3 Å². The Bertz CT molecular complexity index is 279. The van der Waals surface area contributed by atoms with Crippen molar-refractivity contribution >= 4 is 0 Å². The van der Waals surface area contributed by atoms with Gasteiger partial charge in [0.25, 0.3) is 0 Å². The van der Waals surface area contributed by atoms with E-state index in [2.05, 4.69) is 28.3 Å². The SMILES string of the molecule is OCCCn1ccc(CNC2CC2)c1. The molecule has 1 fully saturated rings. The minimum atomic E-state index is 0.272. The van der Waals surface area contributed by atoms with Crippen LogP contribution in [0.25, 0.3) is 0 Å². The van der Waals surface area contributed by atoms with Gasteiger partial charge in [-0.05, 0) is 30.9 Å². The first-order valence-corrected chi connectivity index (χ1v) is 5.37. The van der Waals surface area contributed by atoms with Crippen LogP contribution in [0.5, 0.6) is 0 Å². The minimum Gasteiger partial charge on any atom is -0.396 e. The van der Waals surface area contributed by atoms with Crippen molar-refractivity contribution in [1.82, 2.24) is 9.88 Å². The summed E-state index contributed by atoms with van der Waals surface area (Å²) in [4.78, 5) is 0. The molecular weight excluding hydrogens is 176 g/mol. The van der Waals surface area contributed by atoms with Gasteiger partial charge in [-0.3, -0.25) is 0 Å². The predicted octanol–water partition coefficient (Wildman–Crippen LogP) is 1.12. The molecule has 78 valence electrons. The van der Waals surface area contributed by atoms with Crippen molar-refractivity contribution in [3.8, 4) is 0 Å². The molecule has 0 atom stereocenters. The summed E-state index contributed by atoms with van der Waals surface area (Å²) in [7, 11) is 0. The Labute approximate surface area is 84.7 Å². The molecule has 0 amide bonds. The molecule has 0 bridgehead atoms. The first-order chi connectivity index (χ1) is 6.88. The van der Waals surface area contributed by atoms with Gasteiger partial charge in [-0.1, -0.05) is 0 Å². The van der Waals surface area contributed by atoms with Crippen LogP contribution < -0.4 is 5.32 Å². The van der Waals surface area contributed by atoms with E-state index in [1.54, 1.807) is 0 Å². The first kappa shape index (κ1) is 9.74. The molecule has 2 N–H and O–H groups in total. The van der Waals surface area contributed by atoms with E-state index in [4.69, 9.17) is 5.11 Å². The van der Waals surface area contributed by atoms with Crippen molar-refractivity contribution in [2.75, 3.05) is 6.61 Å². The maximum Gasteiger partial charge on any atom is 0.0448 e. The zero-order chi connectivity index (χ0) is 9.80. The van der Waals surface area contributed by atoms with E-state index in [-0.39, 0.29) is 6.61 Å². The zero-order valence-electron chi connectivity index (χ0n) is 8.45. The molecular formula is C11H18N2O. The molecule has 2 rings (SSSR count). The summed E-state index contributed by atoms with van der Waals surface area (Å²) in [5.41, 5.74) is 1.34. The number of nitrogens with one attached hydrogen (secondary N) is 1. The van der Waals surface area contributed by atoms with E-state index < -0.39 is 0 Å². The van der Waals surface area contributed by atoms with Crippen LogP contribution in [0.4, 0.5) is 0 Å². The van der Waals surface area contributed by atoms with Crippen molar-refractivity contribution in [3.05, 3.63) is 24.0 Å². The summed E-state index contributed by atoms with van der Waals surface area (Å²) in [6.07, 6.45) is 7.76. The molecule has 3 heteroatoms. The lowest BCUT2D eigenvalue weighted by Crippen LogP contribution is -2.14. The summed E-state index contributed by atoms with van der Waals surface area (Å²) < 4.78 is 2.14. The lowest BCUT2D eigenvalue weighted by Gasteiger charge is -2.00. The molecule has 0 unspecified atom stereocenters. The highest BCUT2D eigenvalue weighted by Crippen LogP contribution is 2.19. The van der Waals surface area contributed by atoms with Crippen molar-refractivity contribution in [3.63, 3.8) is 0 Å². The van der Waals surface area contributed by atoms with Crippen LogP contribution >= 0.6 is 0 Å². The number of aliphatic hydroxyl groups is 1. The monoisotopic (exact) mass is 194 g/mol. The van der Waals surface area contributed by atoms with Crippen molar-refractivity contribution in [2.24, 2.45) is 0 Å². The summed E-state index contributed by atoms with van der Waals surface area (Å²) in [6.45, 7) is 2.17. The quantitative estimate of drug-likeness (QED) is 0.712. The first-order valence-electron chi connectivity index (χ1n) is 5.37. The molecule has 1 heterocycles. The Balaban J connectivity index is 1.76. The van der Waals surface area contributed by atoms with E-state index in [0.29, 0.717) is 0 Å². The summed E-state index contributed by atoms with van der Waals surface area (Å²) in [5, 5.41) is 12.2. The molecule has 0 aromatic carbocycles. The number of rotatable bonds is 6. The molecule has 0 aliphatic heterocycles. The summed E-state index contributed by atoms with van der Waals surface area (Å²) in [5.74, 6) is 0. The van der Waals surface area contributed by atoms with Gasteiger partial charge in [0.15, 0.2) is 0 Å². The third-order valence-electron chi connectivity index (χ3n) is 2.56. The second kappa shape index (κ2) is 4.62. The lowest BCUT2D eigenvalue weighted by molar-refractivity contribution is 0.280. The maximum absolute atomic E-state index is 8.69. The van der Waals surface area contributed by atoms with Crippen LogP contribution in [0.3, 0.4) is 0 Å². The molecule has 0 spiro atoms. The van der Waals surface area contributed by atoms with E-state index in [0.717, 1.165) is 25.6 Å². The van der Waals surface area contributed by atoms with E-state index >= 15 is 0 Å². The third-order valence-corrected chi connectivity index (χ3v) is 2.56. The number of aliphatic hydroxyl groups excluding tert-OH is 1. The Morgan fingerprint density at radius 1 is 1.50 bits per heavy atom. The largest absolute Gasteiger partial charge is 0.396 e. The minimum absolute atomic E-state index is 0.272. The van der Waals surface area contributed by atoms with Crippen molar-refractivity contribution in [2.45, 2.75) is 38.4 Å². The fraction of sp³-hybridized carbons (Fsp3) is 0.636. The van der Waals surface area contributed by atoms with Crippen LogP contribution in [0.2, 0.25) is 0 Å². The molecule has 14 heavy (non-hydrogen) atoms. The van der Waals surface area contributed by atoms with Gasteiger partial charge in [0.1, 0.15) is 0 Å². The number of hydrogen-bond acceptors (Lipinski definition) is 2. The van der Waals surface area contributed by atoms with Gasteiger partial charge in [0, 0.05) is 38.1 Å². The van der Waals surface area contributed by atoms with Gasteiger partial charge in [-0.2, -0.15) is 0 Å². The molecule has 0 saturated heterocycles. The molecule has 3 nitrogen and oxygen atoms in total. The molecule has 1 aliphatic rings. The highest BCUT2D eigenvalue weighted by molar-refractivity contribution is 5.10. The van der Waals surface area contributed by atoms with Crippen LogP contribution in [-0.2, 0) is 13.1 Å². The number of nitrogens with zero attached hydrogens (tertiary/aromatic N) is 1.